The van der Waals surface area contributed by atoms with Crippen LogP contribution in [0.2, 0.25) is 0 Å². The molecule has 2 amide bonds. The van der Waals surface area contributed by atoms with E-state index in [0.29, 0.717) is 24.2 Å². The lowest BCUT2D eigenvalue weighted by atomic mass is 10.1. The molecule has 154 valence electrons. The molecule has 3 aromatic carbocycles. The molecule has 0 aliphatic carbocycles. The highest BCUT2D eigenvalue weighted by molar-refractivity contribution is 6.04. The Morgan fingerprint density at radius 1 is 0.933 bits per heavy atom. The molecule has 0 heterocycles. The molecule has 30 heavy (non-hydrogen) atoms. The van der Waals surface area contributed by atoms with Gasteiger partial charge in [0.25, 0.3) is 11.8 Å². The van der Waals surface area contributed by atoms with Crippen LogP contribution in [-0.4, -0.2) is 17.9 Å². The highest BCUT2D eigenvalue weighted by Gasteiger charge is 2.22. The minimum absolute atomic E-state index is 0.00777. The van der Waals surface area contributed by atoms with Gasteiger partial charge in [0.05, 0.1) is 11.3 Å². The third kappa shape index (κ3) is 5.44. The standard InChI is InChI=1S/C24H23FN2O3/c1-2-21(30-22-15-9-7-13-19(22)25)24(29)27-20-14-8-6-12-18(20)23(28)26-16-17-10-4-3-5-11-17/h3-15,21H,2,16H2,1H3,(H,26,28)(H,27,29)/t21-/m1/s1. The van der Waals surface area contributed by atoms with E-state index in [9.17, 15) is 14.0 Å². The van der Waals surface area contributed by atoms with Crippen molar-refractivity contribution in [1.29, 1.82) is 0 Å². The van der Waals surface area contributed by atoms with E-state index in [1.165, 1.54) is 12.1 Å². The smallest absolute Gasteiger partial charge is 0.265 e. The molecule has 1 atom stereocenters. The van der Waals surface area contributed by atoms with Crippen LogP contribution in [0.1, 0.15) is 29.3 Å². The number of hydrogen-bond acceptors (Lipinski definition) is 3. The second-order valence-corrected chi connectivity index (χ2v) is 6.65. The molecule has 0 radical (unpaired) electrons. The first-order valence-electron chi connectivity index (χ1n) is 9.71. The van der Waals surface area contributed by atoms with Crippen molar-refractivity contribution in [3.63, 3.8) is 0 Å². The second kappa shape index (κ2) is 10.2. The van der Waals surface area contributed by atoms with Gasteiger partial charge in [-0.2, -0.15) is 0 Å². The monoisotopic (exact) mass is 406 g/mol. The van der Waals surface area contributed by atoms with Crippen LogP contribution in [0.4, 0.5) is 10.1 Å². The fourth-order valence-electron chi connectivity index (χ4n) is 2.89. The van der Waals surface area contributed by atoms with Gasteiger partial charge in [0.15, 0.2) is 17.7 Å². The summed E-state index contributed by atoms with van der Waals surface area (Å²) in [6.07, 6.45) is -0.565. The van der Waals surface area contributed by atoms with Crippen molar-refractivity contribution in [2.45, 2.75) is 26.0 Å². The molecule has 3 rings (SSSR count). The third-order valence-electron chi connectivity index (χ3n) is 4.49. The lowest BCUT2D eigenvalue weighted by molar-refractivity contribution is -0.122. The van der Waals surface area contributed by atoms with E-state index in [0.717, 1.165) is 5.56 Å². The van der Waals surface area contributed by atoms with Gasteiger partial charge in [0.2, 0.25) is 0 Å². The fraction of sp³-hybridized carbons (Fsp3) is 0.167. The van der Waals surface area contributed by atoms with Crippen LogP contribution in [-0.2, 0) is 11.3 Å². The molecule has 0 aliphatic heterocycles. The van der Waals surface area contributed by atoms with Crippen LogP contribution >= 0.6 is 0 Å². The van der Waals surface area contributed by atoms with Gasteiger partial charge in [-0.05, 0) is 36.2 Å². The Balaban J connectivity index is 1.69. The normalized spacial score (nSPS) is 11.4. The Labute approximate surface area is 174 Å². The van der Waals surface area contributed by atoms with Crippen molar-refractivity contribution in [2.24, 2.45) is 0 Å². The summed E-state index contributed by atoms with van der Waals surface area (Å²) in [7, 11) is 0. The number of amides is 2. The topological polar surface area (TPSA) is 67.4 Å². The summed E-state index contributed by atoms with van der Waals surface area (Å²) < 4.78 is 19.4. The maximum atomic E-state index is 13.9. The lowest BCUT2D eigenvalue weighted by Gasteiger charge is -2.19. The van der Waals surface area contributed by atoms with Gasteiger partial charge in [-0.1, -0.05) is 61.5 Å². The molecule has 0 unspecified atom stereocenters. The zero-order valence-electron chi connectivity index (χ0n) is 16.6. The summed E-state index contributed by atoms with van der Waals surface area (Å²) in [5, 5.41) is 5.58. The van der Waals surface area contributed by atoms with E-state index in [4.69, 9.17) is 4.74 Å². The van der Waals surface area contributed by atoms with Crippen molar-refractivity contribution >= 4 is 17.5 Å². The van der Waals surface area contributed by atoms with E-state index < -0.39 is 17.8 Å². The SMILES string of the molecule is CC[C@@H](Oc1ccccc1F)C(=O)Nc1ccccc1C(=O)NCc1ccccc1. The largest absolute Gasteiger partial charge is 0.478 e. The Kier molecular flexibility index (Phi) is 7.16. The van der Waals surface area contributed by atoms with Crippen LogP contribution in [0.3, 0.4) is 0 Å². The van der Waals surface area contributed by atoms with E-state index >= 15 is 0 Å². The van der Waals surface area contributed by atoms with Crippen molar-refractivity contribution in [3.05, 3.63) is 95.8 Å². The molecule has 0 saturated heterocycles. The molecule has 0 aliphatic rings. The predicted molar refractivity (Wildman–Crippen MR) is 114 cm³/mol. The average Bonchev–Trinajstić information content (AvgIpc) is 2.78. The molecule has 0 spiro atoms. The number of anilines is 1. The molecule has 0 fully saturated rings. The summed E-state index contributed by atoms with van der Waals surface area (Å²) in [6.45, 7) is 2.14. The van der Waals surface area contributed by atoms with Gasteiger partial charge in [-0.25, -0.2) is 4.39 Å². The van der Waals surface area contributed by atoms with Gasteiger partial charge in [0, 0.05) is 6.54 Å². The number of nitrogens with one attached hydrogen (secondary N) is 2. The highest BCUT2D eigenvalue weighted by Crippen LogP contribution is 2.20. The van der Waals surface area contributed by atoms with Gasteiger partial charge in [-0.3, -0.25) is 9.59 Å². The zero-order chi connectivity index (χ0) is 21.3. The summed E-state index contributed by atoms with van der Waals surface area (Å²) in [5.41, 5.74) is 1.67. The van der Waals surface area contributed by atoms with Gasteiger partial charge in [-0.15, -0.1) is 0 Å². The number of carbonyl (C=O) groups is 2. The summed E-state index contributed by atoms with van der Waals surface area (Å²) in [6, 6.07) is 22.2. The molecular formula is C24H23FN2O3. The van der Waals surface area contributed by atoms with Crippen LogP contribution in [0.15, 0.2) is 78.9 Å². The lowest BCUT2D eigenvalue weighted by Crippen LogP contribution is -2.33. The van der Waals surface area contributed by atoms with Gasteiger partial charge < -0.3 is 15.4 Å². The molecule has 5 nitrogen and oxygen atoms in total. The molecular weight excluding hydrogens is 383 g/mol. The van der Waals surface area contributed by atoms with Crippen LogP contribution < -0.4 is 15.4 Å². The van der Waals surface area contributed by atoms with Crippen LogP contribution in [0.5, 0.6) is 5.75 Å². The minimum atomic E-state index is -0.901. The quantitative estimate of drug-likeness (QED) is 0.577. The molecule has 0 bridgehead atoms. The number of halogens is 1. The summed E-state index contributed by atoms with van der Waals surface area (Å²) >= 11 is 0. The average molecular weight is 406 g/mol. The first-order valence-corrected chi connectivity index (χ1v) is 9.71. The molecule has 3 aromatic rings. The van der Waals surface area contributed by atoms with Crippen molar-refractivity contribution in [1.82, 2.24) is 5.32 Å². The first kappa shape index (κ1) is 21.0. The Bertz CT molecular complexity index is 1010. The Morgan fingerprint density at radius 2 is 1.60 bits per heavy atom. The van der Waals surface area contributed by atoms with E-state index in [2.05, 4.69) is 10.6 Å². The van der Waals surface area contributed by atoms with E-state index in [-0.39, 0.29) is 11.7 Å². The van der Waals surface area contributed by atoms with Gasteiger partial charge >= 0.3 is 0 Å². The third-order valence-corrected chi connectivity index (χ3v) is 4.49. The number of ether oxygens (including phenoxy) is 1. The van der Waals surface area contributed by atoms with Crippen LogP contribution in [0, 0.1) is 5.82 Å². The maximum Gasteiger partial charge on any atom is 0.265 e. The van der Waals surface area contributed by atoms with Crippen LogP contribution in [0.25, 0.3) is 0 Å². The van der Waals surface area contributed by atoms with E-state index in [1.807, 2.05) is 30.3 Å². The minimum Gasteiger partial charge on any atom is -0.478 e. The number of para-hydroxylation sites is 2. The number of benzene rings is 3. The highest BCUT2D eigenvalue weighted by atomic mass is 19.1. The second-order valence-electron chi connectivity index (χ2n) is 6.65. The van der Waals surface area contributed by atoms with Crippen molar-refractivity contribution in [3.8, 4) is 5.75 Å². The molecule has 0 aromatic heterocycles. The predicted octanol–water partition coefficient (Wildman–Crippen LogP) is 4.55. The number of rotatable bonds is 8. The fourth-order valence-corrected chi connectivity index (χ4v) is 2.89. The maximum absolute atomic E-state index is 13.9. The summed E-state index contributed by atoms with van der Waals surface area (Å²) in [5.74, 6) is -1.29. The Hall–Kier alpha value is -3.67. The van der Waals surface area contributed by atoms with E-state index in [1.54, 1.807) is 43.3 Å². The van der Waals surface area contributed by atoms with Gasteiger partial charge in [0.1, 0.15) is 0 Å². The molecule has 0 saturated carbocycles. The number of hydrogen-bond donors (Lipinski definition) is 2. The first-order chi connectivity index (χ1) is 14.6. The Morgan fingerprint density at radius 3 is 2.33 bits per heavy atom. The van der Waals surface area contributed by atoms with Crippen molar-refractivity contribution in [2.75, 3.05) is 5.32 Å². The number of carbonyl (C=O) groups excluding carboxylic acids is 2. The molecule has 2 N–H and O–H groups in total. The van der Waals surface area contributed by atoms with Crippen molar-refractivity contribution < 1.29 is 18.7 Å². The molecule has 6 heteroatoms. The summed E-state index contributed by atoms with van der Waals surface area (Å²) in [4.78, 5) is 25.4. The zero-order valence-corrected chi connectivity index (χ0v) is 16.6.